The molecule has 0 atom stereocenters. The van der Waals surface area contributed by atoms with Gasteiger partial charge >= 0.3 is 12.3 Å². The maximum absolute atomic E-state index is 13.0. The van der Waals surface area contributed by atoms with E-state index in [4.69, 9.17) is 0 Å². The Morgan fingerprint density at radius 2 is 2.00 bits per heavy atom. The number of ether oxygens (including phenoxy) is 2. The van der Waals surface area contributed by atoms with Crippen LogP contribution in [-0.2, 0) is 10.9 Å². The van der Waals surface area contributed by atoms with Crippen molar-refractivity contribution in [2.75, 3.05) is 6.61 Å². The molecule has 0 aromatic heterocycles. The third-order valence-corrected chi connectivity index (χ3v) is 2.16. The zero-order valence-corrected chi connectivity index (χ0v) is 10.1. The molecule has 106 valence electrons. The predicted octanol–water partition coefficient (Wildman–Crippen LogP) is 4.16. The van der Waals surface area contributed by atoms with E-state index < -0.39 is 29.5 Å². The summed E-state index contributed by atoms with van der Waals surface area (Å²) < 4.78 is 59.3. The molecule has 0 bridgehead atoms. The molecule has 0 aliphatic heterocycles. The van der Waals surface area contributed by atoms with E-state index in [0.717, 1.165) is 12.5 Å². The molecule has 0 unspecified atom stereocenters. The maximum Gasteiger partial charge on any atom is 0.513 e. The Kier molecular flexibility index (Phi) is 5.14. The number of unbranched alkanes of at least 4 members (excludes halogenated alkanes) is 1. The average molecular weight is 280 g/mol. The molecule has 0 N–H and O–H groups in total. The van der Waals surface area contributed by atoms with Gasteiger partial charge in [0.25, 0.3) is 0 Å². The lowest BCUT2D eigenvalue weighted by atomic mass is 10.2. The first-order valence-electron chi connectivity index (χ1n) is 5.56. The smallest absolute Gasteiger partial charge is 0.434 e. The van der Waals surface area contributed by atoms with Crippen molar-refractivity contribution in [3.63, 3.8) is 0 Å². The van der Waals surface area contributed by atoms with Gasteiger partial charge in [-0.15, -0.1) is 0 Å². The lowest BCUT2D eigenvalue weighted by molar-refractivity contribution is -0.140. The molecule has 7 heteroatoms. The van der Waals surface area contributed by atoms with Crippen molar-refractivity contribution >= 4 is 6.16 Å². The number of benzene rings is 1. The van der Waals surface area contributed by atoms with Crippen LogP contribution in [0.3, 0.4) is 0 Å². The van der Waals surface area contributed by atoms with Crippen LogP contribution in [0.4, 0.5) is 22.4 Å². The highest BCUT2D eigenvalue weighted by Crippen LogP contribution is 2.33. The van der Waals surface area contributed by atoms with Gasteiger partial charge < -0.3 is 9.47 Å². The van der Waals surface area contributed by atoms with Gasteiger partial charge in [-0.25, -0.2) is 9.18 Å². The van der Waals surface area contributed by atoms with Crippen molar-refractivity contribution in [3.8, 4) is 5.75 Å². The van der Waals surface area contributed by atoms with Gasteiger partial charge in [-0.05, 0) is 24.6 Å². The summed E-state index contributed by atoms with van der Waals surface area (Å²) in [4.78, 5) is 11.1. The summed E-state index contributed by atoms with van der Waals surface area (Å²) in [5, 5.41) is 0. The van der Waals surface area contributed by atoms with E-state index in [1.165, 1.54) is 0 Å². The molecule has 1 aromatic rings. The van der Waals surface area contributed by atoms with Gasteiger partial charge in [-0.3, -0.25) is 0 Å². The van der Waals surface area contributed by atoms with Crippen LogP contribution >= 0.6 is 0 Å². The SMILES string of the molecule is CCCCOC(=O)Oc1ccc(F)c(C(F)(F)F)c1. The minimum Gasteiger partial charge on any atom is -0.434 e. The molecule has 0 radical (unpaired) electrons. The standard InChI is InChI=1S/C12H12F4O3/c1-2-3-6-18-11(17)19-8-4-5-10(13)9(7-8)12(14,15)16/h4-5,7H,2-3,6H2,1H3. The van der Waals surface area contributed by atoms with Crippen LogP contribution in [0.15, 0.2) is 18.2 Å². The number of halogens is 4. The quantitative estimate of drug-likeness (QED) is 0.359. The molecular weight excluding hydrogens is 268 g/mol. The lowest BCUT2D eigenvalue weighted by Crippen LogP contribution is -2.13. The molecule has 0 spiro atoms. The number of carbonyl (C=O) groups is 1. The van der Waals surface area contributed by atoms with E-state index in [2.05, 4.69) is 9.47 Å². The molecule has 0 aliphatic rings. The summed E-state index contributed by atoms with van der Waals surface area (Å²) in [7, 11) is 0. The van der Waals surface area contributed by atoms with Crippen LogP contribution in [0.2, 0.25) is 0 Å². The fourth-order valence-electron chi connectivity index (χ4n) is 1.21. The first-order chi connectivity index (χ1) is 8.84. The first-order valence-corrected chi connectivity index (χ1v) is 5.56. The number of rotatable bonds is 4. The van der Waals surface area contributed by atoms with E-state index in [1.807, 2.05) is 6.92 Å². The summed E-state index contributed by atoms with van der Waals surface area (Å²) in [5.74, 6) is -1.85. The third-order valence-electron chi connectivity index (χ3n) is 2.16. The van der Waals surface area contributed by atoms with Crippen LogP contribution < -0.4 is 4.74 Å². The van der Waals surface area contributed by atoms with Gasteiger partial charge in [-0.1, -0.05) is 13.3 Å². The van der Waals surface area contributed by atoms with E-state index >= 15 is 0 Å². The number of carbonyl (C=O) groups excluding carboxylic acids is 1. The Hall–Kier alpha value is -1.79. The number of alkyl halides is 3. The highest BCUT2D eigenvalue weighted by atomic mass is 19.4. The molecule has 19 heavy (non-hydrogen) atoms. The van der Waals surface area contributed by atoms with Gasteiger partial charge in [0.05, 0.1) is 12.2 Å². The van der Waals surface area contributed by atoms with Crippen LogP contribution in [0.5, 0.6) is 5.75 Å². The monoisotopic (exact) mass is 280 g/mol. The highest BCUT2D eigenvalue weighted by Gasteiger charge is 2.34. The van der Waals surface area contributed by atoms with Crippen molar-refractivity contribution in [2.45, 2.75) is 25.9 Å². The van der Waals surface area contributed by atoms with Gasteiger partial charge in [0.2, 0.25) is 0 Å². The molecule has 0 aliphatic carbocycles. The largest absolute Gasteiger partial charge is 0.513 e. The minimum absolute atomic E-state index is 0.114. The first kappa shape index (κ1) is 15.3. The normalized spacial score (nSPS) is 11.2. The van der Waals surface area contributed by atoms with Crippen LogP contribution in [0.1, 0.15) is 25.3 Å². The van der Waals surface area contributed by atoms with Crippen molar-refractivity contribution in [3.05, 3.63) is 29.6 Å². The highest BCUT2D eigenvalue weighted by molar-refractivity contribution is 5.63. The van der Waals surface area contributed by atoms with Crippen LogP contribution in [-0.4, -0.2) is 12.8 Å². The zero-order valence-electron chi connectivity index (χ0n) is 10.1. The Morgan fingerprint density at radius 3 is 2.58 bits per heavy atom. The summed E-state index contributed by atoms with van der Waals surface area (Å²) >= 11 is 0. The second-order valence-electron chi connectivity index (χ2n) is 3.69. The molecule has 0 heterocycles. The van der Waals surface area contributed by atoms with Crippen LogP contribution in [0.25, 0.3) is 0 Å². The predicted molar refractivity (Wildman–Crippen MR) is 58.3 cm³/mol. The molecule has 0 saturated heterocycles. The molecule has 0 amide bonds. The minimum atomic E-state index is -4.85. The number of hydrogen-bond acceptors (Lipinski definition) is 3. The van der Waals surface area contributed by atoms with Gasteiger partial charge in [0.1, 0.15) is 11.6 Å². The summed E-state index contributed by atoms with van der Waals surface area (Å²) in [5.41, 5.74) is -1.49. The van der Waals surface area contributed by atoms with Crippen LogP contribution in [0, 0.1) is 5.82 Å². The fraction of sp³-hybridized carbons (Fsp3) is 0.417. The Morgan fingerprint density at radius 1 is 1.32 bits per heavy atom. The maximum atomic E-state index is 13.0. The second kappa shape index (κ2) is 6.40. The molecule has 3 nitrogen and oxygen atoms in total. The number of hydrogen-bond donors (Lipinski definition) is 0. The van der Waals surface area contributed by atoms with Crippen molar-refractivity contribution < 1.29 is 31.8 Å². The second-order valence-corrected chi connectivity index (χ2v) is 3.69. The molecular formula is C12H12F4O3. The van der Waals surface area contributed by atoms with Crippen molar-refractivity contribution in [1.29, 1.82) is 0 Å². The van der Waals surface area contributed by atoms with Crippen molar-refractivity contribution in [1.82, 2.24) is 0 Å². The van der Waals surface area contributed by atoms with Gasteiger partial charge in [0, 0.05) is 0 Å². The third kappa shape index (κ3) is 4.76. The molecule has 1 aromatic carbocycles. The van der Waals surface area contributed by atoms with E-state index in [9.17, 15) is 22.4 Å². The Labute approximate surface area is 107 Å². The van der Waals surface area contributed by atoms with Crippen molar-refractivity contribution in [2.24, 2.45) is 0 Å². The Bertz CT molecular complexity index is 443. The zero-order chi connectivity index (χ0) is 14.5. The average Bonchev–Trinajstić information content (AvgIpc) is 2.30. The molecule has 1 rings (SSSR count). The lowest BCUT2D eigenvalue weighted by Gasteiger charge is -2.10. The summed E-state index contributed by atoms with van der Waals surface area (Å²) in [6.07, 6.45) is -4.56. The fourth-order valence-corrected chi connectivity index (χ4v) is 1.21. The molecule has 0 fully saturated rings. The van der Waals surface area contributed by atoms with E-state index in [1.54, 1.807) is 0 Å². The Balaban J connectivity index is 2.72. The van der Waals surface area contributed by atoms with Gasteiger partial charge in [-0.2, -0.15) is 13.2 Å². The molecule has 0 saturated carbocycles. The van der Waals surface area contributed by atoms with E-state index in [-0.39, 0.29) is 6.61 Å². The van der Waals surface area contributed by atoms with Gasteiger partial charge in [0.15, 0.2) is 0 Å². The summed E-state index contributed by atoms with van der Waals surface area (Å²) in [6.45, 7) is 1.99. The topological polar surface area (TPSA) is 35.5 Å². The van der Waals surface area contributed by atoms with E-state index in [0.29, 0.717) is 18.6 Å². The summed E-state index contributed by atoms with van der Waals surface area (Å²) in [6, 6.07) is 1.92.